The van der Waals surface area contributed by atoms with Gasteiger partial charge in [0.2, 0.25) is 5.91 Å². The Balaban J connectivity index is 1.84. The monoisotopic (exact) mass is 406 g/mol. The molecule has 9 heteroatoms. The summed E-state index contributed by atoms with van der Waals surface area (Å²) >= 11 is 11.9. The molecule has 0 spiro atoms. The van der Waals surface area contributed by atoms with Gasteiger partial charge in [0.1, 0.15) is 18.2 Å². The van der Waals surface area contributed by atoms with E-state index in [-0.39, 0.29) is 5.56 Å². The Morgan fingerprint density at radius 2 is 2.07 bits per heavy atom. The molecular weight excluding hydrogens is 391 g/mol. The van der Waals surface area contributed by atoms with Crippen molar-refractivity contribution in [1.29, 1.82) is 5.26 Å². The van der Waals surface area contributed by atoms with Crippen molar-refractivity contribution in [3.8, 4) is 6.07 Å². The predicted octanol–water partition coefficient (Wildman–Crippen LogP) is 2.01. The van der Waals surface area contributed by atoms with E-state index in [0.29, 0.717) is 35.1 Å². The summed E-state index contributed by atoms with van der Waals surface area (Å²) in [5.41, 5.74) is -0.184. The van der Waals surface area contributed by atoms with Gasteiger partial charge in [-0.3, -0.25) is 14.2 Å². The van der Waals surface area contributed by atoms with E-state index < -0.39 is 29.7 Å². The second-order valence-corrected chi connectivity index (χ2v) is 7.14. The van der Waals surface area contributed by atoms with Crippen LogP contribution in [0.3, 0.4) is 0 Å². The Hall–Kier alpha value is -2.56. The first-order valence-electron chi connectivity index (χ1n) is 8.34. The molecule has 27 heavy (non-hydrogen) atoms. The number of hydrogen-bond acceptors (Lipinski definition) is 4. The van der Waals surface area contributed by atoms with Crippen LogP contribution in [-0.4, -0.2) is 15.0 Å². The molecule has 2 heterocycles. The van der Waals surface area contributed by atoms with Crippen molar-refractivity contribution in [3.05, 3.63) is 65.9 Å². The number of benzene rings is 1. The number of carbonyl (C=O) groups excluding carboxylic acids is 1. The van der Waals surface area contributed by atoms with Gasteiger partial charge in [0.05, 0.1) is 16.1 Å². The smallest absolute Gasteiger partial charge is 0.331 e. The fourth-order valence-electron chi connectivity index (χ4n) is 3.18. The van der Waals surface area contributed by atoms with E-state index in [4.69, 9.17) is 23.2 Å². The van der Waals surface area contributed by atoms with Crippen LogP contribution in [-0.2, 0) is 24.3 Å². The highest BCUT2D eigenvalue weighted by molar-refractivity contribution is 6.42. The van der Waals surface area contributed by atoms with Crippen molar-refractivity contribution in [2.75, 3.05) is 0 Å². The van der Waals surface area contributed by atoms with Gasteiger partial charge in [-0.2, -0.15) is 5.26 Å². The summed E-state index contributed by atoms with van der Waals surface area (Å²) in [7, 11) is 0. The van der Waals surface area contributed by atoms with Crippen LogP contribution in [0.2, 0.25) is 10.0 Å². The number of rotatable bonds is 4. The van der Waals surface area contributed by atoms with Crippen LogP contribution in [0.25, 0.3) is 0 Å². The third kappa shape index (κ3) is 3.64. The number of fused-ring (bicyclic) bond motifs is 1. The highest BCUT2D eigenvalue weighted by Gasteiger charge is 2.23. The largest absolute Gasteiger partial charge is 0.348 e. The maximum atomic E-state index is 12.5. The minimum absolute atomic E-state index is 0.0718. The van der Waals surface area contributed by atoms with Crippen molar-refractivity contribution in [3.63, 3.8) is 0 Å². The number of nitriles is 1. The average molecular weight is 407 g/mol. The maximum absolute atomic E-state index is 12.5. The SMILES string of the molecule is C[C@H](NC(=O)Cn1c(=O)c(C#N)c2n(c1=O)CCC2)c1ccc(Cl)c(Cl)c1. The van der Waals surface area contributed by atoms with E-state index in [1.54, 1.807) is 25.1 Å². The number of hydrogen-bond donors (Lipinski definition) is 1. The fraction of sp³-hybridized carbons (Fsp3) is 0.333. The van der Waals surface area contributed by atoms with Crippen LogP contribution in [0.1, 0.15) is 36.2 Å². The zero-order valence-electron chi connectivity index (χ0n) is 14.5. The molecule has 7 nitrogen and oxygen atoms in total. The number of aromatic nitrogens is 2. The lowest BCUT2D eigenvalue weighted by Gasteiger charge is -2.16. The molecule has 0 bridgehead atoms. The van der Waals surface area contributed by atoms with Crippen LogP contribution < -0.4 is 16.6 Å². The van der Waals surface area contributed by atoms with Gasteiger partial charge in [0.25, 0.3) is 5.56 Å². The Morgan fingerprint density at radius 3 is 2.74 bits per heavy atom. The fourth-order valence-corrected chi connectivity index (χ4v) is 3.49. The Kier molecular flexibility index (Phi) is 5.40. The zero-order chi connectivity index (χ0) is 19.7. The molecule has 0 saturated heterocycles. The molecule has 1 N–H and O–H groups in total. The standard InChI is InChI=1S/C18H16Cl2N4O3/c1-10(11-4-5-13(19)14(20)7-11)22-16(25)9-24-17(26)12(8-21)15-3-2-6-23(15)18(24)27/h4-5,7,10H,2-3,6,9H2,1H3,(H,22,25)/t10-/m0/s1. The van der Waals surface area contributed by atoms with Crippen LogP contribution in [0.4, 0.5) is 0 Å². The third-order valence-corrected chi connectivity index (χ3v) is 5.30. The Morgan fingerprint density at radius 1 is 1.33 bits per heavy atom. The topological polar surface area (TPSA) is 96.9 Å². The summed E-state index contributed by atoms with van der Waals surface area (Å²) < 4.78 is 2.21. The molecule has 1 atom stereocenters. The van der Waals surface area contributed by atoms with Gasteiger partial charge in [-0.15, -0.1) is 0 Å². The third-order valence-electron chi connectivity index (χ3n) is 4.57. The minimum atomic E-state index is -0.729. The molecule has 140 valence electrons. The lowest BCUT2D eigenvalue weighted by atomic mass is 10.1. The first-order valence-corrected chi connectivity index (χ1v) is 9.10. The van der Waals surface area contributed by atoms with Crippen LogP contribution in [0.15, 0.2) is 27.8 Å². The van der Waals surface area contributed by atoms with Crippen molar-refractivity contribution in [2.45, 2.75) is 38.9 Å². The normalized spacial score (nSPS) is 13.7. The van der Waals surface area contributed by atoms with E-state index in [1.165, 1.54) is 4.57 Å². The lowest BCUT2D eigenvalue weighted by Crippen LogP contribution is -2.45. The van der Waals surface area contributed by atoms with Crippen molar-refractivity contribution in [2.24, 2.45) is 0 Å². The molecule has 0 radical (unpaired) electrons. The molecule has 0 aliphatic carbocycles. The molecule has 2 aromatic rings. The summed E-state index contributed by atoms with van der Waals surface area (Å²) in [4.78, 5) is 37.4. The molecule has 1 aliphatic rings. The van der Waals surface area contributed by atoms with Crippen molar-refractivity contribution in [1.82, 2.24) is 14.5 Å². The second kappa shape index (κ2) is 7.59. The highest BCUT2D eigenvalue weighted by Crippen LogP contribution is 2.25. The highest BCUT2D eigenvalue weighted by atomic mass is 35.5. The number of halogens is 2. The Labute approximate surface area is 164 Å². The number of carbonyl (C=O) groups is 1. The van der Waals surface area contributed by atoms with E-state index in [2.05, 4.69) is 5.32 Å². The predicted molar refractivity (Wildman–Crippen MR) is 101 cm³/mol. The average Bonchev–Trinajstić information content (AvgIpc) is 3.11. The van der Waals surface area contributed by atoms with Crippen molar-refractivity contribution >= 4 is 29.1 Å². The molecule has 1 aromatic carbocycles. The summed E-state index contributed by atoms with van der Waals surface area (Å²) in [6.07, 6.45) is 1.20. The molecule has 0 unspecified atom stereocenters. The quantitative estimate of drug-likeness (QED) is 0.839. The minimum Gasteiger partial charge on any atom is -0.348 e. The molecular formula is C18H16Cl2N4O3. The van der Waals surface area contributed by atoms with E-state index in [1.807, 2.05) is 6.07 Å². The van der Waals surface area contributed by atoms with Gasteiger partial charge in [-0.05, 0) is 37.5 Å². The van der Waals surface area contributed by atoms with E-state index in [0.717, 1.165) is 10.1 Å². The van der Waals surface area contributed by atoms with Crippen LogP contribution in [0.5, 0.6) is 0 Å². The van der Waals surface area contributed by atoms with E-state index >= 15 is 0 Å². The number of amides is 1. The van der Waals surface area contributed by atoms with Crippen molar-refractivity contribution < 1.29 is 4.79 Å². The van der Waals surface area contributed by atoms with Crippen LogP contribution in [0, 0.1) is 11.3 Å². The molecule has 0 saturated carbocycles. The molecule has 1 aliphatic heterocycles. The number of nitrogens with zero attached hydrogens (tertiary/aromatic N) is 3. The van der Waals surface area contributed by atoms with Gasteiger partial charge in [0, 0.05) is 12.2 Å². The van der Waals surface area contributed by atoms with E-state index in [9.17, 15) is 19.6 Å². The van der Waals surface area contributed by atoms with Crippen LogP contribution >= 0.6 is 23.2 Å². The molecule has 0 fully saturated rings. The van der Waals surface area contributed by atoms with Gasteiger partial charge in [-0.25, -0.2) is 9.36 Å². The summed E-state index contributed by atoms with van der Waals surface area (Å²) in [5, 5.41) is 12.8. The molecule has 1 aromatic heterocycles. The van der Waals surface area contributed by atoms with Gasteiger partial charge < -0.3 is 5.32 Å². The Bertz CT molecular complexity index is 1080. The lowest BCUT2D eigenvalue weighted by molar-refractivity contribution is -0.122. The van der Waals surface area contributed by atoms with Gasteiger partial charge >= 0.3 is 5.69 Å². The first kappa shape index (κ1) is 19.2. The number of nitrogens with one attached hydrogen (secondary N) is 1. The van der Waals surface area contributed by atoms with Gasteiger partial charge in [0.15, 0.2) is 0 Å². The maximum Gasteiger partial charge on any atom is 0.331 e. The first-order chi connectivity index (χ1) is 12.8. The molecule has 1 amide bonds. The van der Waals surface area contributed by atoms with Gasteiger partial charge in [-0.1, -0.05) is 29.3 Å². The second-order valence-electron chi connectivity index (χ2n) is 6.33. The summed E-state index contributed by atoms with van der Waals surface area (Å²) in [6, 6.07) is 6.44. The summed E-state index contributed by atoms with van der Waals surface area (Å²) in [6.45, 7) is 1.72. The zero-order valence-corrected chi connectivity index (χ0v) is 16.0. The summed E-state index contributed by atoms with van der Waals surface area (Å²) in [5.74, 6) is -0.518. The molecule has 3 rings (SSSR count).